The zero-order valence-corrected chi connectivity index (χ0v) is 17.0. The molecule has 2 aliphatic heterocycles. The first-order chi connectivity index (χ1) is 14.8. The molecule has 1 amide bonds. The lowest BCUT2D eigenvalue weighted by molar-refractivity contribution is 0.0635. The molecule has 6 heteroatoms. The summed E-state index contributed by atoms with van der Waals surface area (Å²) in [4.78, 5) is 23.5. The van der Waals surface area contributed by atoms with E-state index in [9.17, 15) is 4.79 Å². The van der Waals surface area contributed by atoms with Crippen molar-refractivity contribution < 1.29 is 14.3 Å². The van der Waals surface area contributed by atoms with E-state index in [0.29, 0.717) is 24.5 Å². The minimum atomic E-state index is 0.0266. The van der Waals surface area contributed by atoms with Crippen molar-refractivity contribution in [2.24, 2.45) is 0 Å². The van der Waals surface area contributed by atoms with Crippen LogP contribution in [0, 0.1) is 0 Å². The number of aromatic nitrogens is 2. The molecule has 0 radical (unpaired) electrons. The summed E-state index contributed by atoms with van der Waals surface area (Å²) < 4.78 is 11.6. The Morgan fingerprint density at radius 2 is 2.00 bits per heavy atom. The van der Waals surface area contributed by atoms with Crippen molar-refractivity contribution >= 4 is 16.9 Å². The van der Waals surface area contributed by atoms with E-state index in [0.717, 1.165) is 55.7 Å². The van der Waals surface area contributed by atoms with Crippen molar-refractivity contribution in [2.75, 3.05) is 26.3 Å². The van der Waals surface area contributed by atoms with E-state index in [1.165, 1.54) is 0 Å². The van der Waals surface area contributed by atoms with Gasteiger partial charge in [0.25, 0.3) is 5.91 Å². The summed E-state index contributed by atoms with van der Waals surface area (Å²) in [6.07, 6.45) is 4.21. The van der Waals surface area contributed by atoms with Crippen LogP contribution < -0.4 is 4.74 Å². The Hall–Kier alpha value is -2.86. The molecule has 156 valence electrons. The highest BCUT2D eigenvalue weighted by atomic mass is 16.5. The van der Waals surface area contributed by atoms with Gasteiger partial charge in [-0.15, -0.1) is 0 Å². The Morgan fingerprint density at radius 3 is 2.87 bits per heavy atom. The topological polar surface area (TPSA) is 67.5 Å². The zero-order valence-electron chi connectivity index (χ0n) is 17.0. The lowest BCUT2D eigenvalue weighted by Gasteiger charge is -2.32. The molecule has 6 nitrogen and oxygen atoms in total. The van der Waals surface area contributed by atoms with Gasteiger partial charge in [-0.1, -0.05) is 24.3 Å². The fourth-order valence-corrected chi connectivity index (χ4v) is 4.45. The molecular formula is C24H27N3O3. The molecule has 0 aliphatic carbocycles. The molecule has 2 aliphatic rings. The number of aromatic amines is 1. The number of H-pyrrole nitrogens is 1. The number of nitrogens with zero attached hydrogens (tertiary/aromatic N) is 2. The van der Waals surface area contributed by atoms with Crippen LogP contribution in [-0.2, 0) is 4.74 Å². The van der Waals surface area contributed by atoms with E-state index in [1.54, 1.807) is 0 Å². The average molecular weight is 405 g/mol. The zero-order chi connectivity index (χ0) is 20.3. The molecule has 5 rings (SSSR count). The van der Waals surface area contributed by atoms with Crippen molar-refractivity contribution in [1.29, 1.82) is 0 Å². The summed E-state index contributed by atoms with van der Waals surface area (Å²) in [5.41, 5.74) is 2.65. The first-order valence-corrected chi connectivity index (χ1v) is 10.9. The van der Waals surface area contributed by atoms with E-state index in [-0.39, 0.29) is 17.9 Å². The molecule has 2 fully saturated rings. The highest BCUT2D eigenvalue weighted by molar-refractivity contribution is 5.97. The van der Waals surface area contributed by atoms with Gasteiger partial charge in [0.1, 0.15) is 18.2 Å². The molecule has 0 unspecified atom stereocenters. The molecule has 0 spiro atoms. The van der Waals surface area contributed by atoms with Gasteiger partial charge < -0.3 is 19.4 Å². The fourth-order valence-electron chi connectivity index (χ4n) is 4.45. The maximum absolute atomic E-state index is 13.3. The van der Waals surface area contributed by atoms with Gasteiger partial charge in [-0.3, -0.25) is 4.79 Å². The second-order valence-corrected chi connectivity index (χ2v) is 8.17. The van der Waals surface area contributed by atoms with E-state index in [4.69, 9.17) is 14.5 Å². The summed E-state index contributed by atoms with van der Waals surface area (Å²) >= 11 is 0. The van der Waals surface area contributed by atoms with Crippen LogP contribution in [0.2, 0.25) is 0 Å². The maximum Gasteiger partial charge on any atom is 0.257 e. The number of piperidine rings is 1. The van der Waals surface area contributed by atoms with Crippen LogP contribution >= 0.6 is 0 Å². The van der Waals surface area contributed by atoms with Crippen LogP contribution in [-0.4, -0.2) is 53.2 Å². The number of carbonyl (C=O) groups is 1. The van der Waals surface area contributed by atoms with Crippen LogP contribution in [0.15, 0.2) is 48.5 Å². The van der Waals surface area contributed by atoms with Crippen molar-refractivity contribution in [1.82, 2.24) is 14.9 Å². The molecular weight excluding hydrogens is 378 g/mol. The fraction of sp³-hybridized carbons (Fsp3) is 0.417. The van der Waals surface area contributed by atoms with Crippen LogP contribution in [0.1, 0.15) is 47.8 Å². The number of rotatable bonds is 5. The first kappa shape index (κ1) is 19.1. The molecule has 2 aromatic carbocycles. The number of hydrogen-bond donors (Lipinski definition) is 1. The number of imidazole rings is 1. The summed E-state index contributed by atoms with van der Waals surface area (Å²) in [5.74, 6) is 1.86. The van der Waals surface area contributed by atoms with Gasteiger partial charge in [-0.2, -0.15) is 0 Å². The smallest absolute Gasteiger partial charge is 0.257 e. The minimum absolute atomic E-state index is 0.0266. The van der Waals surface area contributed by atoms with E-state index >= 15 is 0 Å². The third-order valence-corrected chi connectivity index (χ3v) is 6.07. The number of amides is 1. The molecule has 2 saturated heterocycles. The highest BCUT2D eigenvalue weighted by Crippen LogP contribution is 2.29. The number of hydrogen-bond acceptors (Lipinski definition) is 4. The molecule has 1 aromatic heterocycles. The molecule has 0 bridgehead atoms. The summed E-state index contributed by atoms with van der Waals surface area (Å²) in [6, 6.07) is 15.6. The predicted molar refractivity (Wildman–Crippen MR) is 115 cm³/mol. The van der Waals surface area contributed by atoms with Gasteiger partial charge in [-0.25, -0.2) is 4.98 Å². The summed E-state index contributed by atoms with van der Waals surface area (Å²) in [6.45, 7) is 2.71. The Kier molecular flexibility index (Phi) is 5.41. The summed E-state index contributed by atoms with van der Waals surface area (Å²) in [5, 5.41) is 0. The van der Waals surface area contributed by atoms with Gasteiger partial charge >= 0.3 is 0 Å². The second kappa shape index (κ2) is 8.48. The lowest BCUT2D eigenvalue weighted by Crippen LogP contribution is -2.39. The molecule has 3 heterocycles. The lowest BCUT2D eigenvalue weighted by atomic mass is 9.96. The minimum Gasteiger partial charge on any atom is -0.490 e. The van der Waals surface area contributed by atoms with E-state index in [2.05, 4.69) is 4.98 Å². The Labute approximate surface area is 176 Å². The Balaban J connectivity index is 1.31. The second-order valence-electron chi connectivity index (χ2n) is 8.17. The van der Waals surface area contributed by atoms with Gasteiger partial charge in [0.15, 0.2) is 0 Å². The summed E-state index contributed by atoms with van der Waals surface area (Å²) in [7, 11) is 0. The Morgan fingerprint density at radius 1 is 1.13 bits per heavy atom. The molecule has 30 heavy (non-hydrogen) atoms. The highest BCUT2D eigenvalue weighted by Gasteiger charge is 2.29. The third kappa shape index (κ3) is 3.92. The number of nitrogens with one attached hydrogen (secondary N) is 1. The maximum atomic E-state index is 13.3. The molecule has 3 aromatic rings. The predicted octanol–water partition coefficient (Wildman–Crippen LogP) is 4.14. The van der Waals surface area contributed by atoms with Gasteiger partial charge in [0, 0.05) is 25.6 Å². The quantitative estimate of drug-likeness (QED) is 0.693. The van der Waals surface area contributed by atoms with Gasteiger partial charge in [-0.05, 0) is 49.9 Å². The first-order valence-electron chi connectivity index (χ1n) is 10.9. The van der Waals surface area contributed by atoms with Crippen molar-refractivity contribution in [3.63, 3.8) is 0 Å². The standard InChI is InChI=1S/C24H27N3O3/c28-24(19-9-1-4-12-22(19)30-16-18-8-6-14-29-18)27-13-5-7-17(15-27)23-25-20-10-2-3-11-21(20)26-23/h1-4,9-12,17-18H,5-8,13-16H2,(H,25,26)/t17-,18+/m1/s1. The van der Waals surface area contributed by atoms with Gasteiger partial charge in [0.05, 0.1) is 22.7 Å². The molecule has 0 saturated carbocycles. The van der Waals surface area contributed by atoms with Gasteiger partial charge in [0.2, 0.25) is 0 Å². The van der Waals surface area contributed by atoms with Crippen LogP contribution in [0.4, 0.5) is 0 Å². The average Bonchev–Trinajstić information content (AvgIpc) is 3.47. The van der Waals surface area contributed by atoms with Crippen LogP contribution in [0.25, 0.3) is 11.0 Å². The SMILES string of the molecule is O=C(c1ccccc1OC[C@@H]1CCCO1)N1CCC[C@@H](c2nc3ccccc3[nH]2)C1. The number of fused-ring (bicyclic) bond motifs is 1. The van der Waals surface area contributed by atoms with E-state index in [1.807, 2.05) is 53.4 Å². The van der Waals surface area contributed by atoms with Crippen molar-refractivity contribution in [2.45, 2.75) is 37.7 Å². The number of ether oxygens (including phenoxy) is 2. The van der Waals surface area contributed by atoms with Crippen LogP contribution in [0.5, 0.6) is 5.75 Å². The van der Waals surface area contributed by atoms with Crippen molar-refractivity contribution in [3.8, 4) is 5.75 Å². The molecule has 2 atom stereocenters. The number of benzene rings is 2. The monoisotopic (exact) mass is 405 g/mol. The Bertz CT molecular complexity index is 992. The van der Waals surface area contributed by atoms with Crippen LogP contribution in [0.3, 0.4) is 0 Å². The van der Waals surface area contributed by atoms with Crippen molar-refractivity contribution in [3.05, 3.63) is 59.9 Å². The van der Waals surface area contributed by atoms with E-state index < -0.39 is 0 Å². The molecule has 1 N–H and O–H groups in total. The number of carbonyl (C=O) groups excluding carboxylic acids is 1. The largest absolute Gasteiger partial charge is 0.490 e. The normalized spacial score (nSPS) is 21.8. The number of likely N-dealkylation sites (tertiary alicyclic amines) is 1. The third-order valence-electron chi connectivity index (χ3n) is 6.07. The number of para-hydroxylation sites is 3.